The molecular weight excluding hydrogens is 484 g/mol. The van der Waals surface area contributed by atoms with Gasteiger partial charge in [0.25, 0.3) is 0 Å². The van der Waals surface area contributed by atoms with Crippen molar-refractivity contribution in [1.29, 1.82) is 5.26 Å². The van der Waals surface area contributed by atoms with E-state index in [0.29, 0.717) is 32.1 Å². The molecule has 1 aliphatic rings. The fourth-order valence-electron chi connectivity index (χ4n) is 4.35. The number of nitrogens with zero attached hydrogens (tertiary/aromatic N) is 2. The van der Waals surface area contributed by atoms with Crippen LogP contribution in [0.5, 0.6) is 0 Å². The van der Waals surface area contributed by atoms with Crippen LogP contribution in [0.1, 0.15) is 33.4 Å². The first-order valence-corrected chi connectivity index (χ1v) is 13.0. The molecule has 5 rings (SSSR count). The Morgan fingerprint density at radius 1 is 0.757 bits per heavy atom. The molecule has 0 aliphatic carbocycles. The van der Waals surface area contributed by atoms with Crippen LogP contribution in [0.4, 0.5) is 0 Å². The maximum Gasteiger partial charge on any atom is 0.154 e. The van der Waals surface area contributed by atoms with Gasteiger partial charge in [-0.05, 0) is 34.3 Å². The second-order valence-corrected chi connectivity index (χ2v) is 9.68. The lowest BCUT2D eigenvalue weighted by atomic mass is 10.1. The van der Waals surface area contributed by atoms with E-state index in [1.54, 1.807) is 6.07 Å². The maximum absolute atomic E-state index is 9.33. The lowest BCUT2D eigenvalue weighted by Crippen LogP contribution is -2.37. The number of hydrogen-bond acceptors (Lipinski definition) is 7. The number of aromatic nitrogens is 1. The molecule has 1 aliphatic heterocycles. The summed E-state index contributed by atoms with van der Waals surface area (Å²) in [6.07, 6.45) is -1.56. The number of nitriles is 1. The minimum absolute atomic E-state index is 0.347. The highest BCUT2D eigenvalue weighted by Crippen LogP contribution is 2.40. The van der Waals surface area contributed by atoms with E-state index in [9.17, 15) is 5.26 Å². The zero-order valence-corrected chi connectivity index (χ0v) is 21.1. The zero-order chi connectivity index (χ0) is 25.3. The highest BCUT2D eigenvalue weighted by molar-refractivity contribution is 7.05. The van der Waals surface area contributed by atoms with Crippen LogP contribution in [0.15, 0.2) is 97.1 Å². The van der Waals surface area contributed by atoms with Crippen LogP contribution in [0, 0.1) is 11.3 Å². The average Bonchev–Trinajstić information content (AvgIpc) is 3.57. The lowest BCUT2D eigenvalue weighted by Gasteiger charge is -2.25. The fourth-order valence-corrected chi connectivity index (χ4v) is 5.11. The molecule has 2 heterocycles. The summed E-state index contributed by atoms with van der Waals surface area (Å²) in [7, 11) is 0. The van der Waals surface area contributed by atoms with Gasteiger partial charge in [-0.3, -0.25) is 0 Å². The molecule has 1 fully saturated rings. The first-order chi connectivity index (χ1) is 18.3. The molecule has 0 N–H and O–H groups in total. The third kappa shape index (κ3) is 6.69. The maximum atomic E-state index is 9.33. The molecule has 0 radical (unpaired) electrons. The van der Waals surface area contributed by atoms with Crippen molar-refractivity contribution in [2.45, 2.75) is 44.2 Å². The number of ether oxygens (including phenoxy) is 4. The van der Waals surface area contributed by atoms with Gasteiger partial charge in [-0.15, -0.1) is 0 Å². The molecular formula is C30H28N2O4S. The van der Waals surface area contributed by atoms with E-state index in [4.69, 9.17) is 18.9 Å². The first-order valence-electron chi connectivity index (χ1n) is 12.2. The van der Waals surface area contributed by atoms with Crippen molar-refractivity contribution in [3.05, 3.63) is 124 Å². The Labute approximate surface area is 221 Å². The van der Waals surface area contributed by atoms with Gasteiger partial charge < -0.3 is 18.9 Å². The van der Waals surface area contributed by atoms with Gasteiger partial charge in [-0.1, -0.05) is 91.0 Å². The summed E-state index contributed by atoms with van der Waals surface area (Å²) in [6.45, 7) is 1.66. The molecule has 1 saturated heterocycles. The Hall–Kier alpha value is -3.38. The van der Waals surface area contributed by atoms with E-state index < -0.39 is 12.2 Å². The van der Waals surface area contributed by atoms with Gasteiger partial charge in [0.2, 0.25) is 0 Å². The monoisotopic (exact) mass is 512 g/mol. The summed E-state index contributed by atoms with van der Waals surface area (Å²) in [6, 6.07) is 34.0. The Morgan fingerprint density at radius 3 is 1.84 bits per heavy atom. The Kier molecular flexibility index (Phi) is 8.70. The summed E-state index contributed by atoms with van der Waals surface area (Å²) >= 11 is 1.26. The van der Waals surface area contributed by atoms with Gasteiger partial charge >= 0.3 is 0 Å². The summed E-state index contributed by atoms with van der Waals surface area (Å²) in [5.74, 6) is 0. The van der Waals surface area contributed by atoms with Gasteiger partial charge in [0, 0.05) is 0 Å². The van der Waals surface area contributed by atoms with Crippen LogP contribution < -0.4 is 0 Å². The summed E-state index contributed by atoms with van der Waals surface area (Å²) in [4.78, 5) is 0.841. The fraction of sp³-hybridized carbons (Fsp3) is 0.267. The molecule has 6 nitrogen and oxygen atoms in total. The van der Waals surface area contributed by atoms with Crippen molar-refractivity contribution in [2.75, 3.05) is 6.61 Å². The van der Waals surface area contributed by atoms with E-state index in [-0.39, 0.29) is 12.2 Å². The second-order valence-electron chi connectivity index (χ2n) is 8.84. The van der Waals surface area contributed by atoms with E-state index in [0.717, 1.165) is 21.6 Å². The van der Waals surface area contributed by atoms with Crippen LogP contribution in [-0.4, -0.2) is 29.3 Å². The van der Waals surface area contributed by atoms with Crippen molar-refractivity contribution in [1.82, 2.24) is 4.37 Å². The molecule has 4 atom stereocenters. The normalized spacial score (nSPS) is 21.1. The van der Waals surface area contributed by atoms with E-state index in [1.165, 1.54) is 11.5 Å². The predicted octanol–water partition coefficient (Wildman–Crippen LogP) is 5.84. The molecule has 0 amide bonds. The topological polar surface area (TPSA) is 73.6 Å². The van der Waals surface area contributed by atoms with Crippen molar-refractivity contribution in [3.63, 3.8) is 0 Å². The number of hydrogen-bond donors (Lipinski definition) is 0. The standard InChI is InChI=1S/C30H28N2O4S/c31-17-25-16-27(37-32-25)29-30(35-20-24-14-8-3-9-15-24)28(34-19-23-12-6-2-7-13-23)26(36-29)21-33-18-22-10-4-1-5-11-22/h1-16,26,28-30H,18-21H2/t26-,28-,29+,30-/m1/s1. The molecule has 4 aromatic rings. The van der Waals surface area contributed by atoms with Crippen molar-refractivity contribution in [3.8, 4) is 6.07 Å². The van der Waals surface area contributed by atoms with Crippen LogP contribution in [0.2, 0.25) is 0 Å². The minimum Gasteiger partial charge on any atom is -0.374 e. The molecule has 1 aromatic heterocycles. The van der Waals surface area contributed by atoms with Crippen LogP contribution in [0.25, 0.3) is 0 Å². The first kappa shape index (κ1) is 25.3. The molecule has 3 aromatic carbocycles. The van der Waals surface area contributed by atoms with Crippen molar-refractivity contribution in [2.24, 2.45) is 0 Å². The molecule has 0 saturated carbocycles. The summed E-state index contributed by atoms with van der Waals surface area (Å²) in [5.41, 5.74) is 3.60. The van der Waals surface area contributed by atoms with Crippen LogP contribution in [-0.2, 0) is 38.8 Å². The lowest BCUT2D eigenvalue weighted by molar-refractivity contribution is -0.0898. The molecule has 37 heavy (non-hydrogen) atoms. The number of benzene rings is 3. The molecule has 0 unspecified atom stereocenters. The number of rotatable bonds is 11. The highest BCUT2D eigenvalue weighted by atomic mass is 32.1. The summed E-state index contributed by atoms with van der Waals surface area (Å²) < 4.78 is 29.8. The molecule has 0 spiro atoms. The SMILES string of the molecule is N#Cc1cc([C@@H]2O[C@H](COCc3ccccc3)[C@@H](OCc3ccccc3)[C@H]2OCc2ccccc2)sn1. The van der Waals surface area contributed by atoms with Crippen molar-refractivity contribution < 1.29 is 18.9 Å². The Bertz CT molecular complexity index is 1280. The zero-order valence-electron chi connectivity index (χ0n) is 20.3. The third-order valence-electron chi connectivity index (χ3n) is 6.20. The van der Waals surface area contributed by atoms with Gasteiger partial charge in [0.05, 0.1) is 31.3 Å². The van der Waals surface area contributed by atoms with Gasteiger partial charge in [0.15, 0.2) is 5.69 Å². The summed E-state index contributed by atoms with van der Waals surface area (Å²) in [5, 5.41) is 9.33. The highest BCUT2D eigenvalue weighted by Gasteiger charge is 2.48. The van der Waals surface area contributed by atoms with E-state index >= 15 is 0 Å². The van der Waals surface area contributed by atoms with Gasteiger partial charge in [0.1, 0.15) is 30.5 Å². The predicted molar refractivity (Wildman–Crippen MR) is 141 cm³/mol. The quantitative estimate of drug-likeness (QED) is 0.251. The van der Waals surface area contributed by atoms with E-state index in [1.807, 2.05) is 91.0 Å². The van der Waals surface area contributed by atoms with Crippen LogP contribution in [0.3, 0.4) is 0 Å². The average molecular weight is 513 g/mol. The van der Waals surface area contributed by atoms with Gasteiger partial charge in [-0.2, -0.15) is 9.64 Å². The van der Waals surface area contributed by atoms with Crippen molar-refractivity contribution >= 4 is 11.5 Å². The smallest absolute Gasteiger partial charge is 0.154 e. The third-order valence-corrected chi connectivity index (χ3v) is 7.05. The Balaban J connectivity index is 1.37. The van der Waals surface area contributed by atoms with E-state index in [2.05, 4.69) is 10.4 Å². The molecule has 188 valence electrons. The van der Waals surface area contributed by atoms with Gasteiger partial charge in [-0.25, -0.2) is 0 Å². The molecule has 0 bridgehead atoms. The molecule has 7 heteroatoms. The Morgan fingerprint density at radius 2 is 1.30 bits per heavy atom. The minimum atomic E-state index is -0.422. The largest absolute Gasteiger partial charge is 0.374 e. The van der Waals surface area contributed by atoms with Crippen LogP contribution >= 0.6 is 11.5 Å². The second kappa shape index (κ2) is 12.7.